The molecule has 1 N–H and O–H groups in total. The van der Waals surface area contributed by atoms with E-state index in [1.54, 1.807) is 13.0 Å². The van der Waals surface area contributed by atoms with Gasteiger partial charge in [0.1, 0.15) is 12.1 Å². The van der Waals surface area contributed by atoms with Crippen molar-refractivity contribution < 1.29 is 22.3 Å². The third-order valence-electron chi connectivity index (χ3n) is 3.08. The number of anilines is 1. The van der Waals surface area contributed by atoms with E-state index in [2.05, 4.69) is 45.9 Å². The summed E-state index contributed by atoms with van der Waals surface area (Å²) in [4.78, 5) is 8.15. The van der Waals surface area contributed by atoms with Crippen molar-refractivity contribution in [3.63, 3.8) is 0 Å². The van der Waals surface area contributed by atoms with E-state index in [0.29, 0.717) is 22.9 Å². The minimum Gasteiger partial charge on any atom is -0.403 e. The number of benzene rings is 1. The summed E-state index contributed by atoms with van der Waals surface area (Å²) in [6.07, 6.45) is -3.59. The maximum absolute atomic E-state index is 13.7. The third-order valence-corrected chi connectivity index (χ3v) is 3.08. The monoisotopic (exact) mass is 399 g/mol. The summed E-state index contributed by atoms with van der Waals surface area (Å²) in [5.41, 5.74) is 1.14. The molecular formula is C18H21F4N5O. The van der Waals surface area contributed by atoms with Gasteiger partial charge in [0.05, 0.1) is 0 Å². The molecule has 152 valence electrons. The Morgan fingerprint density at radius 2 is 1.86 bits per heavy atom. The topological polar surface area (TPSA) is 64.3 Å². The number of nitrogens with zero attached hydrogens (tertiary/aromatic N) is 4. The lowest BCUT2D eigenvalue weighted by Gasteiger charge is -2.12. The Bertz CT molecular complexity index is 921. The number of ether oxygens (including phenoxy) is 1. The summed E-state index contributed by atoms with van der Waals surface area (Å²) in [6.45, 7) is 8.45. The first-order valence-electron chi connectivity index (χ1n) is 8.50. The van der Waals surface area contributed by atoms with Crippen LogP contribution < -0.4 is 10.1 Å². The van der Waals surface area contributed by atoms with E-state index in [0.717, 1.165) is 18.1 Å². The van der Waals surface area contributed by atoms with E-state index in [1.165, 1.54) is 16.9 Å². The fourth-order valence-electron chi connectivity index (χ4n) is 2.11. The first-order valence-corrected chi connectivity index (χ1v) is 8.50. The summed E-state index contributed by atoms with van der Waals surface area (Å²) in [5.74, 6) is -0.156. The Morgan fingerprint density at radius 1 is 1.18 bits per heavy atom. The van der Waals surface area contributed by atoms with Crippen LogP contribution in [0.1, 0.15) is 32.0 Å². The van der Waals surface area contributed by atoms with Crippen molar-refractivity contribution >= 4 is 11.6 Å². The zero-order valence-corrected chi connectivity index (χ0v) is 15.9. The van der Waals surface area contributed by atoms with Crippen molar-refractivity contribution in [3.8, 4) is 5.75 Å². The lowest BCUT2D eigenvalue weighted by atomic mass is 10.2. The smallest absolute Gasteiger partial charge is 0.403 e. The Kier molecular flexibility index (Phi) is 6.76. The van der Waals surface area contributed by atoms with Crippen molar-refractivity contribution in [1.82, 2.24) is 19.6 Å². The Labute approximate surface area is 159 Å². The van der Waals surface area contributed by atoms with Crippen LogP contribution in [0.2, 0.25) is 0 Å². The van der Waals surface area contributed by atoms with Crippen LogP contribution in [0.15, 0.2) is 30.6 Å². The van der Waals surface area contributed by atoms with Crippen molar-refractivity contribution in [2.75, 3.05) is 5.32 Å². The van der Waals surface area contributed by atoms with Crippen LogP contribution in [0.4, 0.5) is 23.4 Å². The largest absolute Gasteiger partial charge is 0.573 e. The molecule has 0 saturated carbocycles. The lowest BCUT2D eigenvalue weighted by molar-refractivity contribution is -0.275. The quantitative estimate of drug-likeness (QED) is 0.642. The minimum atomic E-state index is -4.94. The van der Waals surface area contributed by atoms with Crippen molar-refractivity contribution in [2.24, 2.45) is 5.92 Å². The molecule has 0 fully saturated rings. The molecule has 10 heteroatoms. The Balaban J connectivity index is 0.000000640. The highest BCUT2D eigenvalue weighted by Crippen LogP contribution is 2.26. The molecule has 1 aromatic carbocycles. The number of aromatic nitrogens is 4. The van der Waals surface area contributed by atoms with Crippen LogP contribution in [-0.4, -0.2) is 25.9 Å². The first kappa shape index (κ1) is 21.4. The molecule has 0 saturated heterocycles. The molecule has 28 heavy (non-hydrogen) atoms. The number of alkyl halides is 3. The summed E-state index contributed by atoms with van der Waals surface area (Å²) in [6, 6.07) is 4.96. The second kappa shape index (κ2) is 8.85. The molecule has 0 amide bonds. The van der Waals surface area contributed by atoms with Crippen LogP contribution in [0, 0.1) is 18.7 Å². The minimum absolute atomic E-state index is 0.168. The molecule has 2 heterocycles. The number of hydrogen-bond acceptors (Lipinski definition) is 5. The Hall–Kier alpha value is -2.91. The van der Waals surface area contributed by atoms with Gasteiger partial charge in [0.2, 0.25) is 0 Å². The highest BCUT2D eigenvalue weighted by molar-refractivity contribution is 5.45. The number of nitrogens with one attached hydrogen (secondary N) is 1. The molecule has 6 nitrogen and oxygen atoms in total. The van der Waals surface area contributed by atoms with Crippen LogP contribution in [0.3, 0.4) is 0 Å². The number of halogens is 4. The molecule has 3 rings (SSSR count). The Morgan fingerprint density at radius 3 is 2.46 bits per heavy atom. The summed E-state index contributed by atoms with van der Waals surface area (Å²) in [7, 11) is 0. The van der Waals surface area contributed by atoms with Crippen molar-refractivity contribution in [3.05, 3.63) is 47.7 Å². The van der Waals surface area contributed by atoms with Crippen molar-refractivity contribution in [1.29, 1.82) is 0 Å². The number of hydrogen-bond donors (Lipinski definition) is 1. The predicted octanol–water partition coefficient (Wildman–Crippen LogP) is 4.74. The SMILES string of the molecule is CC(C)C.Cc1cc(NCc2ccc(OC(F)(F)F)c(F)c2)n2ncnc2n1. The van der Waals surface area contributed by atoms with E-state index < -0.39 is 17.9 Å². The average molecular weight is 399 g/mol. The molecule has 0 spiro atoms. The van der Waals surface area contributed by atoms with Gasteiger partial charge in [0, 0.05) is 18.3 Å². The van der Waals surface area contributed by atoms with Gasteiger partial charge in [-0.25, -0.2) is 9.37 Å². The van der Waals surface area contributed by atoms with Crippen LogP contribution >= 0.6 is 0 Å². The number of rotatable bonds is 4. The summed E-state index contributed by atoms with van der Waals surface area (Å²) >= 11 is 0. The zero-order chi connectivity index (χ0) is 20.9. The molecule has 3 aromatic rings. The molecule has 0 aliphatic carbocycles. The molecule has 0 atom stereocenters. The van der Waals surface area contributed by atoms with Crippen LogP contribution in [0.5, 0.6) is 5.75 Å². The van der Waals surface area contributed by atoms with Gasteiger partial charge in [-0.2, -0.15) is 14.6 Å². The predicted molar refractivity (Wildman–Crippen MR) is 96.4 cm³/mol. The van der Waals surface area contributed by atoms with Gasteiger partial charge in [-0.1, -0.05) is 26.8 Å². The highest BCUT2D eigenvalue weighted by Gasteiger charge is 2.32. The normalized spacial score (nSPS) is 11.3. The molecule has 0 radical (unpaired) electrons. The van der Waals surface area contributed by atoms with Crippen molar-refractivity contribution in [2.45, 2.75) is 40.6 Å². The standard InChI is InChI=1S/C14H11F4N5O.C4H10/c1-8-4-12(23-13(22-8)20-7-21-23)19-6-9-2-3-11(10(15)5-9)24-14(16,17)18;1-4(2)3/h2-5,7,19H,6H2,1H3;4H,1-3H3. The number of fused-ring (bicyclic) bond motifs is 1. The summed E-state index contributed by atoms with van der Waals surface area (Å²) in [5, 5.41) is 7.02. The van der Waals surface area contributed by atoms with Gasteiger partial charge in [0.15, 0.2) is 11.6 Å². The van der Waals surface area contributed by atoms with E-state index in [9.17, 15) is 17.6 Å². The molecule has 0 unspecified atom stereocenters. The van der Waals surface area contributed by atoms with Gasteiger partial charge in [-0.15, -0.1) is 13.2 Å². The second-order valence-electron chi connectivity index (χ2n) is 6.65. The van der Waals surface area contributed by atoms with E-state index >= 15 is 0 Å². The van der Waals surface area contributed by atoms with Crippen LogP contribution in [-0.2, 0) is 6.54 Å². The fourth-order valence-corrected chi connectivity index (χ4v) is 2.11. The molecule has 0 aliphatic heterocycles. The third kappa shape index (κ3) is 6.36. The zero-order valence-electron chi connectivity index (χ0n) is 15.9. The van der Waals surface area contributed by atoms with Crippen LogP contribution in [0.25, 0.3) is 5.78 Å². The second-order valence-corrected chi connectivity index (χ2v) is 6.65. The highest BCUT2D eigenvalue weighted by atomic mass is 19.4. The molecule has 2 aromatic heterocycles. The lowest BCUT2D eigenvalue weighted by Crippen LogP contribution is -2.18. The molecular weight excluding hydrogens is 378 g/mol. The maximum atomic E-state index is 13.7. The van der Waals surface area contributed by atoms with Gasteiger partial charge in [-0.3, -0.25) is 0 Å². The number of aryl methyl sites for hydroxylation is 1. The van der Waals surface area contributed by atoms with Gasteiger partial charge >= 0.3 is 6.36 Å². The molecule has 0 bridgehead atoms. The van der Waals surface area contributed by atoms with Gasteiger partial charge < -0.3 is 10.1 Å². The van der Waals surface area contributed by atoms with E-state index in [-0.39, 0.29) is 6.54 Å². The van der Waals surface area contributed by atoms with Gasteiger partial charge in [-0.05, 0) is 30.5 Å². The maximum Gasteiger partial charge on any atom is 0.573 e. The first-order chi connectivity index (χ1) is 13.0. The molecule has 0 aliphatic rings. The average Bonchev–Trinajstić information content (AvgIpc) is 3.01. The van der Waals surface area contributed by atoms with Gasteiger partial charge in [0.25, 0.3) is 5.78 Å². The fraction of sp³-hybridized carbons (Fsp3) is 0.389. The summed E-state index contributed by atoms with van der Waals surface area (Å²) < 4.78 is 55.1. The van der Waals surface area contributed by atoms with E-state index in [1.807, 2.05) is 0 Å². The van der Waals surface area contributed by atoms with E-state index in [4.69, 9.17) is 0 Å².